The summed E-state index contributed by atoms with van der Waals surface area (Å²) < 4.78 is 26.5. The van der Waals surface area contributed by atoms with Crippen LogP contribution < -0.4 is 4.72 Å². The Kier molecular flexibility index (Phi) is 3.52. The standard InChI is InChI=1S/C14H18N2O4S/c17-14(18)16-6-5-11-7-13(4-3-12(11)8-16)15-21(19,20)9-10-1-2-10/h3-4,7,10,15H,1-2,5-6,8-9H2,(H,17,18). The molecule has 1 fully saturated rings. The number of fused-ring (bicyclic) bond motifs is 1. The Hall–Kier alpha value is -1.76. The van der Waals surface area contributed by atoms with Crippen LogP contribution >= 0.6 is 0 Å². The first-order chi connectivity index (χ1) is 9.93. The molecule has 1 aliphatic carbocycles. The molecule has 114 valence electrons. The quantitative estimate of drug-likeness (QED) is 0.889. The van der Waals surface area contributed by atoms with E-state index < -0.39 is 16.1 Å². The van der Waals surface area contributed by atoms with Crippen molar-refractivity contribution in [2.75, 3.05) is 17.0 Å². The van der Waals surface area contributed by atoms with Gasteiger partial charge in [-0.2, -0.15) is 0 Å². The molecule has 0 unspecified atom stereocenters. The smallest absolute Gasteiger partial charge is 0.407 e. The lowest BCUT2D eigenvalue weighted by molar-refractivity contribution is 0.140. The number of carbonyl (C=O) groups is 1. The van der Waals surface area contributed by atoms with Crippen LogP contribution in [-0.2, 0) is 23.0 Å². The third kappa shape index (κ3) is 3.47. The molecule has 21 heavy (non-hydrogen) atoms. The molecular formula is C14H18N2O4S. The van der Waals surface area contributed by atoms with Gasteiger partial charge in [-0.1, -0.05) is 6.07 Å². The predicted molar refractivity (Wildman–Crippen MR) is 78.7 cm³/mol. The zero-order valence-electron chi connectivity index (χ0n) is 11.6. The maximum absolute atomic E-state index is 12.0. The normalized spacial score (nSPS) is 18.2. The topological polar surface area (TPSA) is 86.7 Å². The second-order valence-electron chi connectivity index (χ2n) is 5.76. The number of hydrogen-bond acceptors (Lipinski definition) is 3. The number of anilines is 1. The molecule has 1 aromatic carbocycles. The van der Waals surface area contributed by atoms with Crippen molar-refractivity contribution in [3.05, 3.63) is 29.3 Å². The number of rotatable bonds is 4. The summed E-state index contributed by atoms with van der Waals surface area (Å²) in [6, 6.07) is 5.33. The van der Waals surface area contributed by atoms with E-state index in [9.17, 15) is 13.2 Å². The minimum absolute atomic E-state index is 0.191. The van der Waals surface area contributed by atoms with Gasteiger partial charge in [0.05, 0.1) is 5.75 Å². The highest BCUT2D eigenvalue weighted by Crippen LogP contribution is 2.31. The van der Waals surface area contributed by atoms with Crippen LogP contribution in [0.25, 0.3) is 0 Å². The number of nitrogens with zero attached hydrogens (tertiary/aromatic N) is 1. The van der Waals surface area contributed by atoms with Gasteiger partial charge in [0.1, 0.15) is 0 Å². The highest BCUT2D eigenvalue weighted by Gasteiger charge is 2.28. The molecule has 0 saturated heterocycles. The number of amides is 1. The van der Waals surface area contributed by atoms with E-state index in [0.717, 1.165) is 24.0 Å². The zero-order chi connectivity index (χ0) is 15.0. The summed E-state index contributed by atoms with van der Waals surface area (Å²) in [7, 11) is -3.28. The van der Waals surface area contributed by atoms with Gasteiger partial charge >= 0.3 is 6.09 Å². The molecule has 7 heteroatoms. The fourth-order valence-corrected chi connectivity index (χ4v) is 4.12. The average Bonchev–Trinajstić information content (AvgIpc) is 3.20. The molecule has 1 saturated carbocycles. The summed E-state index contributed by atoms with van der Waals surface area (Å²) in [5.41, 5.74) is 2.52. The molecule has 2 N–H and O–H groups in total. The molecule has 0 spiro atoms. The van der Waals surface area contributed by atoms with Crippen LogP contribution in [0.15, 0.2) is 18.2 Å². The van der Waals surface area contributed by atoms with Gasteiger partial charge in [-0.15, -0.1) is 0 Å². The molecule has 0 radical (unpaired) electrons. The van der Waals surface area contributed by atoms with Crippen molar-refractivity contribution >= 4 is 21.8 Å². The molecule has 0 bridgehead atoms. The molecule has 1 heterocycles. The lowest BCUT2D eigenvalue weighted by Gasteiger charge is -2.26. The number of sulfonamides is 1. The molecule has 2 aliphatic rings. The number of benzene rings is 1. The molecule has 3 rings (SSSR count). The molecule has 1 aromatic rings. The summed E-state index contributed by atoms with van der Waals surface area (Å²) >= 11 is 0. The van der Waals surface area contributed by atoms with Crippen LogP contribution in [0.4, 0.5) is 10.5 Å². The highest BCUT2D eigenvalue weighted by molar-refractivity contribution is 7.92. The lowest BCUT2D eigenvalue weighted by Crippen LogP contribution is -2.34. The van der Waals surface area contributed by atoms with Gasteiger partial charge in [0.15, 0.2) is 0 Å². The Morgan fingerprint density at radius 2 is 2.10 bits per heavy atom. The third-order valence-electron chi connectivity index (χ3n) is 3.91. The van der Waals surface area contributed by atoms with Crippen LogP contribution in [0.1, 0.15) is 24.0 Å². The summed E-state index contributed by atoms with van der Waals surface area (Å²) in [5, 5.41) is 9.00. The first-order valence-corrected chi connectivity index (χ1v) is 8.68. The van der Waals surface area contributed by atoms with Crippen LogP contribution in [0.5, 0.6) is 0 Å². The van der Waals surface area contributed by atoms with Crippen LogP contribution in [0.2, 0.25) is 0 Å². The van der Waals surface area contributed by atoms with Crippen LogP contribution in [0, 0.1) is 5.92 Å². The van der Waals surface area contributed by atoms with E-state index in [2.05, 4.69) is 4.72 Å². The molecular weight excluding hydrogens is 292 g/mol. The number of nitrogens with one attached hydrogen (secondary N) is 1. The van der Waals surface area contributed by atoms with Gasteiger partial charge in [-0.25, -0.2) is 13.2 Å². The summed E-state index contributed by atoms with van der Waals surface area (Å²) in [6.45, 7) is 0.806. The Morgan fingerprint density at radius 3 is 2.76 bits per heavy atom. The Labute approximate surface area is 123 Å². The molecule has 0 atom stereocenters. The van der Waals surface area contributed by atoms with E-state index in [1.54, 1.807) is 12.1 Å². The Bertz CT molecular complexity index is 668. The monoisotopic (exact) mass is 310 g/mol. The van der Waals surface area contributed by atoms with Crippen LogP contribution in [-0.4, -0.2) is 36.8 Å². The lowest BCUT2D eigenvalue weighted by atomic mass is 9.99. The highest BCUT2D eigenvalue weighted by atomic mass is 32.2. The zero-order valence-corrected chi connectivity index (χ0v) is 12.4. The van der Waals surface area contributed by atoms with Crippen LogP contribution in [0.3, 0.4) is 0 Å². The van der Waals surface area contributed by atoms with Gasteiger partial charge in [0.25, 0.3) is 0 Å². The maximum Gasteiger partial charge on any atom is 0.407 e. The minimum atomic E-state index is -3.28. The van der Waals surface area contributed by atoms with Crippen molar-refractivity contribution < 1.29 is 18.3 Å². The molecule has 6 nitrogen and oxygen atoms in total. The maximum atomic E-state index is 12.0. The SMILES string of the molecule is O=C(O)N1CCc2cc(NS(=O)(=O)CC3CC3)ccc2C1. The van der Waals surface area contributed by atoms with Crippen molar-refractivity contribution in [1.82, 2.24) is 4.90 Å². The number of carboxylic acid groups (broad SMARTS) is 1. The van der Waals surface area contributed by atoms with E-state index >= 15 is 0 Å². The second-order valence-corrected chi connectivity index (χ2v) is 7.53. The van der Waals surface area contributed by atoms with E-state index in [1.165, 1.54) is 4.90 Å². The predicted octanol–water partition coefficient (Wildman–Crippen LogP) is 1.87. The second kappa shape index (κ2) is 5.22. The molecule has 0 aromatic heterocycles. The van der Waals surface area contributed by atoms with Gasteiger partial charge in [-0.05, 0) is 48.4 Å². The molecule has 1 aliphatic heterocycles. The largest absolute Gasteiger partial charge is 0.465 e. The fraction of sp³-hybridized carbons (Fsp3) is 0.500. The van der Waals surface area contributed by atoms with Gasteiger partial charge in [0.2, 0.25) is 10.0 Å². The first kappa shape index (κ1) is 14.2. The third-order valence-corrected chi connectivity index (χ3v) is 5.37. The fourth-order valence-electron chi connectivity index (χ4n) is 2.60. The van der Waals surface area contributed by atoms with Crippen molar-refractivity contribution in [3.8, 4) is 0 Å². The number of hydrogen-bond donors (Lipinski definition) is 2. The van der Waals surface area contributed by atoms with E-state index in [-0.39, 0.29) is 5.75 Å². The van der Waals surface area contributed by atoms with Gasteiger partial charge in [-0.3, -0.25) is 4.72 Å². The summed E-state index contributed by atoms with van der Waals surface area (Å²) in [5.74, 6) is 0.501. The minimum Gasteiger partial charge on any atom is -0.465 e. The van der Waals surface area contributed by atoms with Crippen molar-refractivity contribution in [3.63, 3.8) is 0 Å². The Balaban J connectivity index is 1.73. The van der Waals surface area contributed by atoms with E-state index in [4.69, 9.17) is 5.11 Å². The van der Waals surface area contributed by atoms with Gasteiger partial charge < -0.3 is 10.0 Å². The summed E-state index contributed by atoms with van der Waals surface area (Å²) in [4.78, 5) is 12.3. The first-order valence-electron chi connectivity index (χ1n) is 7.03. The Morgan fingerprint density at radius 1 is 1.33 bits per heavy atom. The van der Waals surface area contributed by atoms with Crippen molar-refractivity contribution in [2.24, 2.45) is 5.92 Å². The van der Waals surface area contributed by atoms with Crippen molar-refractivity contribution in [2.45, 2.75) is 25.8 Å². The van der Waals surface area contributed by atoms with E-state index in [0.29, 0.717) is 31.1 Å². The van der Waals surface area contributed by atoms with Crippen molar-refractivity contribution in [1.29, 1.82) is 0 Å². The van der Waals surface area contributed by atoms with E-state index in [1.807, 2.05) is 6.07 Å². The summed E-state index contributed by atoms with van der Waals surface area (Å²) in [6.07, 6.45) is 1.68. The average molecular weight is 310 g/mol. The molecule has 1 amide bonds. The van der Waals surface area contributed by atoms with Gasteiger partial charge in [0, 0.05) is 18.8 Å².